The zero-order valence-electron chi connectivity index (χ0n) is 18.5. The van der Waals surface area contributed by atoms with Gasteiger partial charge in [0.05, 0.1) is 10.5 Å². The van der Waals surface area contributed by atoms with Crippen molar-refractivity contribution in [2.75, 3.05) is 10.6 Å². The number of hydrogen-bond acceptors (Lipinski definition) is 7. The fraction of sp³-hybridized carbons (Fsp3) is 0.0833. The first-order valence-corrected chi connectivity index (χ1v) is 10.5. The lowest BCUT2D eigenvalue weighted by molar-refractivity contribution is -0.384. The van der Waals surface area contributed by atoms with Crippen LogP contribution in [0.25, 0.3) is 0 Å². The SMILES string of the molecule is CC(C(=O)Nc1ccc(NC(=O)c2cc([N+](=O)[O-])ccc2Oc2ccccc2)cc1)n1cncn1. The Balaban J connectivity index is 1.48. The van der Waals surface area contributed by atoms with Gasteiger partial charge in [0.2, 0.25) is 5.91 Å². The zero-order valence-corrected chi connectivity index (χ0v) is 18.5. The van der Waals surface area contributed by atoms with Gasteiger partial charge in [0.1, 0.15) is 30.2 Å². The molecule has 0 aliphatic heterocycles. The first-order valence-electron chi connectivity index (χ1n) is 10.5. The predicted octanol–water partition coefficient (Wildman–Crippen LogP) is 4.43. The predicted molar refractivity (Wildman–Crippen MR) is 127 cm³/mol. The van der Waals surface area contributed by atoms with Gasteiger partial charge in [0.15, 0.2) is 0 Å². The van der Waals surface area contributed by atoms with E-state index in [1.807, 2.05) is 6.07 Å². The third kappa shape index (κ3) is 5.66. The molecule has 0 saturated carbocycles. The number of amides is 2. The van der Waals surface area contributed by atoms with Crippen LogP contribution in [0.15, 0.2) is 85.5 Å². The largest absolute Gasteiger partial charge is 0.457 e. The molecule has 3 aromatic carbocycles. The lowest BCUT2D eigenvalue weighted by atomic mass is 10.1. The molecule has 35 heavy (non-hydrogen) atoms. The second kappa shape index (κ2) is 10.3. The molecule has 0 aliphatic carbocycles. The number of ether oxygens (including phenoxy) is 1. The molecule has 4 aromatic rings. The average molecular weight is 472 g/mol. The Morgan fingerprint density at radius 2 is 1.69 bits per heavy atom. The summed E-state index contributed by atoms with van der Waals surface area (Å²) < 4.78 is 7.21. The molecule has 0 spiro atoms. The summed E-state index contributed by atoms with van der Waals surface area (Å²) in [5.74, 6) is -0.219. The minimum absolute atomic E-state index is 0.00193. The lowest BCUT2D eigenvalue weighted by Gasteiger charge is -2.13. The maximum Gasteiger partial charge on any atom is 0.270 e. The van der Waals surface area contributed by atoms with Crippen LogP contribution in [0.2, 0.25) is 0 Å². The van der Waals surface area contributed by atoms with Crippen molar-refractivity contribution in [2.45, 2.75) is 13.0 Å². The molecule has 176 valence electrons. The Bertz CT molecular complexity index is 1340. The minimum Gasteiger partial charge on any atom is -0.457 e. The number of aromatic nitrogens is 3. The summed E-state index contributed by atoms with van der Waals surface area (Å²) in [4.78, 5) is 39.9. The Hall–Kier alpha value is -5.06. The summed E-state index contributed by atoms with van der Waals surface area (Å²) in [6, 6.07) is 18.5. The van der Waals surface area contributed by atoms with Crippen LogP contribution in [0.5, 0.6) is 11.5 Å². The maximum atomic E-state index is 13.0. The fourth-order valence-corrected chi connectivity index (χ4v) is 3.13. The Morgan fingerprint density at radius 3 is 2.31 bits per heavy atom. The molecule has 0 saturated heterocycles. The molecule has 2 N–H and O–H groups in total. The van der Waals surface area contributed by atoms with Crippen molar-refractivity contribution in [3.05, 3.63) is 101 Å². The van der Waals surface area contributed by atoms with Crippen LogP contribution < -0.4 is 15.4 Å². The van der Waals surface area contributed by atoms with Crippen molar-refractivity contribution in [1.29, 1.82) is 0 Å². The van der Waals surface area contributed by atoms with Gasteiger partial charge in [-0.1, -0.05) is 18.2 Å². The van der Waals surface area contributed by atoms with Crippen LogP contribution in [-0.2, 0) is 4.79 Å². The van der Waals surface area contributed by atoms with Gasteiger partial charge >= 0.3 is 0 Å². The third-order valence-electron chi connectivity index (χ3n) is 5.01. The van der Waals surface area contributed by atoms with Crippen LogP contribution in [0.3, 0.4) is 0 Å². The standard InChI is InChI=1S/C24H20N6O5/c1-16(29-15-25-14-26-29)23(31)27-17-7-9-18(10-8-17)28-24(32)21-13-19(30(33)34)11-12-22(21)35-20-5-3-2-4-6-20/h2-16H,1H3,(H,27,31)(H,28,32). The molecule has 0 aliphatic rings. The van der Waals surface area contributed by atoms with Gasteiger partial charge in [-0.2, -0.15) is 5.10 Å². The molecule has 0 radical (unpaired) electrons. The number of nitrogens with zero attached hydrogens (tertiary/aromatic N) is 4. The monoisotopic (exact) mass is 472 g/mol. The number of carbonyl (C=O) groups excluding carboxylic acids is 2. The van der Waals surface area contributed by atoms with Gasteiger partial charge in [-0.05, 0) is 49.4 Å². The Morgan fingerprint density at radius 1 is 1.00 bits per heavy atom. The van der Waals surface area contributed by atoms with Crippen molar-refractivity contribution in [2.24, 2.45) is 0 Å². The summed E-state index contributed by atoms with van der Waals surface area (Å²) in [5, 5.41) is 20.7. The van der Waals surface area contributed by atoms with Gasteiger partial charge in [0, 0.05) is 23.5 Å². The number of rotatable bonds is 8. The number of nitro benzene ring substituents is 1. The molecule has 1 atom stereocenters. The van der Waals surface area contributed by atoms with Crippen LogP contribution >= 0.6 is 0 Å². The number of hydrogen-bond donors (Lipinski definition) is 2. The van der Waals surface area contributed by atoms with E-state index < -0.39 is 16.9 Å². The highest BCUT2D eigenvalue weighted by Gasteiger charge is 2.19. The smallest absolute Gasteiger partial charge is 0.270 e. The second-order valence-electron chi connectivity index (χ2n) is 7.42. The van der Waals surface area contributed by atoms with E-state index in [0.29, 0.717) is 17.1 Å². The minimum atomic E-state index is -0.587. The zero-order chi connectivity index (χ0) is 24.8. The third-order valence-corrected chi connectivity index (χ3v) is 5.01. The van der Waals surface area contributed by atoms with E-state index in [4.69, 9.17) is 4.74 Å². The second-order valence-corrected chi connectivity index (χ2v) is 7.42. The number of nitrogens with one attached hydrogen (secondary N) is 2. The maximum absolute atomic E-state index is 13.0. The van der Waals surface area contributed by atoms with E-state index in [2.05, 4.69) is 20.7 Å². The summed E-state index contributed by atoms with van der Waals surface area (Å²) in [6.45, 7) is 1.69. The highest BCUT2D eigenvalue weighted by molar-refractivity contribution is 6.06. The summed E-state index contributed by atoms with van der Waals surface area (Å²) in [7, 11) is 0. The Labute approximate surface area is 199 Å². The molecule has 2 amide bonds. The van der Waals surface area contributed by atoms with E-state index in [0.717, 1.165) is 6.07 Å². The number of carbonyl (C=O) groups is 2. The lowest BCUT2D eigenvalue weighted by Crippen LogP contribution is -2.24. The first-order chi connectivity index (χ1) is 16.9. The quantitative estimate of drug-likeness (QED) is 0.285. The number of non-ortho nitro benzene ring substituents is 1. The first kappa shape index (κ1) is 23.1. The van der Waals surface area contributed by atoms with E-state index in [9.17, 15) is 19.7 Å². The normalized spacial score (nSPS) is 11.3. The molecule has 4 rings (SSSR count). The van der Waals surface area contributed by atoms with Crippen molar-refractivity contribution >= 4 is 28.9 Å². The van der Waals surface area contributed by atoms with Gasteiger partial charge < -0.3 is 15.4 Å². The molecule has 0 fully saturated rings. The Kier molecular flexibility index (Phi) is 6.77. The topological polar surface area (TPSA) is 141 Å². The molecule has 0 bridgehead atoms. The molecule has 11 heteroatoms. The van der Waals surface area contributed by atoms with E-state index in [1.165, 1.54) is 29.5 Å². The average Bonchev–Trinajstić information content (AvgIpc) is 3.40. The van der Waals surface area contributed by atoms with Crippen LogP contribution in [0.1, 0.15) is 23.3 Å². The number of benzene rings is 3. The van der Waals surface area contributed by atoms with E-state index in [-0.39, 0.29) is 22.9 Å². The van der Waals surface area contributed by atoms with Crippen molar-refractivity contribution in [1.82, 2.24) is 14.8 Å². The highest BCUT2D eigenvalue weighted by Crippen LogP contribution is 2.29. The van der Waals surface area contributed by atoms with Crippen molar-refractivity contribution in [3.63, 3.8) is 0 Å². The van der Waals surface area contributed by atoms with Gasteiger partial charge in [0.25, 0.3) is 11.6 Å². The van der Waals surface area contributed by atoms with Crippen molar-refractivity contribution in [3.8, 4) is 11.5 Å². The summed E-state index contributed by atoms with van der Waals surface area (Å²) in [5.41, 5.74) is 0.704. The molecular weight excluding hydrogens is 452 g/mol. The molecule has 1 heterocycles. The van der Waals surface area contributed by atoms with Crippen LogP contribution in [0, 0.1) is 10.1 Å². The van der Waals surface area contributed by atoms with Crippen molar-refractivity contribution < 1.29 is 19.2 Å². The number of nitro groups is 1. The highest BCUT2D eigenvalue weighted by atomic mass is 16.6. The molecule has 11 nitrogen and oxygen atoms in total. The van der Waals surface area contributed by atoms with Gasteiger partial charge in [-0.3, -0.25) is 19.7 Å². The summed E-state index contributed by atoms with van der Waals surface area (Å²) >= 11 is 0. The summed E-state index contributed by atoms with van der Waals surface area (Å²) in [6.07, 6.45) is 2.80. The van der Waals surface area contributed by atoms with Crippen LogP contribution in [-0.4, -0.2) is 31.5 Å². The molecule has 1 aromatic heterocycles. The molecule has 1 unspecified atom stereocenters. The van der Waals surface area contributed by atoms with E-state index in [1.54, 1.807) is 55.5 Å². The number of para-hydroxylation sites is 1. The molecular formula is C24H20N6O5. The fourth-order valence-electron chi connectivity index (χ4n) is 3.13. The van der Waals surface area contributed by atoms with Gasteiger partial charge in [-0.15, -0.1) is 0 Å². The number of anilines is 2. The van der Waals surface area contributed by atoms with Crippen LogP contribution in [0.4, 0.5) is 17.1 Å². The van der Waals surface area contributed by atoms with E-state index >= 15 is 0 Å². The van der Waals surface area contributed by atoms with Gasteiger partial charge in [-0.25, -0.2) is 9.67 Å².